The molecule has 1 heteroatoms. The van der Waals surface area contributed by atoms with Gasteiger partial charge in [-0.3, -0.25) is 0 Å². The predicted octanol–water partition coefficient (Wildman–Crippen LogP) is 3.69. The molecular weight excluding hydrogens is 182 g/mol. The van der Waals surface area contributed by atoms with E-state index in [0.29, 0.717) is 0 Å². The fourth-order valence-electron chi connectivity index (χ4n) is 1.64. The van der Waals surface area contributed by atoms with Gasteiger partial charge in [-0.25, -0.2) is 0 Å². The number of rotatable bonds is 6. The second kappa shape index (κ2) is 6.49. The van der Waals surface area contributed by atoms with Gasteiger partial charge in [0, 0.05) is 19.8 Å². The lowest BCUT2D eigenvalue weighted by molar-refractivity contribution is 0.686. The molecular formula is C14H22N. The highest BCUT2D eigenvalue weighted by molar-refractivity contribution is 5.45. The van der Waals surface area contributed by atoms with Gasteiger partial charge in [0.1, 0.15) is 0 Å². The van der Waals surface area contributed by atoms with Gasteiger partial charge in [-0.2, -0.15) is 0 Å². The monoisotopic (exact) mass is 204 g/mol. The molecule has 0 saturated heterocycles. The zero-order chi connectivity index (χ0) is 11.1. The van der Waals surface area contributed by atoms with Crippen LogP contribution in [0.2, 0.25) is 0 Å². The van der Waals surface area contributed by atoms with Gasteiger partial charge in [0.2, 0.25) is 0 Å². The Morgan fingerprint density at radius 3 is 2.20 bits per heavy atom. The molecule has 0 spiro atoms. The highest BCUT2D eigenvalue weighted by Crippen LogP contribution is 2.14. The summed E-state index contributed by atoms with van der Waals surface area (Å²) < 4.78 is 0. The molecule has 0 amide bonds. The van der Waals surface area contributed by atoms with E-state index < -0.39 is 0 Å². The number of benzene rings is 1. The third kappa shape index (κ3) is 4.37. The predicted molar refractivity (Wildman–Crippen MR) is 68.3 cm³/mol. The van der Waals surface area contributed by atoms with Gasteiger partial charge in [0.25, 0.3) is 0 Å². The fourth-order valence-corrected chi connectivity index (χ4v) is 1.64. The van der Waals surface area contributed by atoms with E-state index in [1.807, 2.05) is 0 Å². The van der Waals surface area contributed by atoms with Gasteiger partial charge in [-0.15, -0.1) is 0 Å². The molecule has 1 nitrogen and oxygen atoms in total. The molecule has 15 heavy (non-hydrogen) atoms. The molecule has 0 fully saturated rings. The summed E-state index contributed by atoms with van der Waals surface area (Å²) >= 11 is 0. The Kier molecular flexibility index (Phi) is 5.23. The molecule has 0 atom stereocenters. The summed E-state index contributed by atoms with van der Waals surface area (Å²) in [5.74, 6) is 0. The molecule has 0 aliphatic heterocycles. The largest absolute Gasteiger partial charge is 0.378 e. The lowest BCUT2D eigenvalue weighted by Gasteiger charge is -2.12. The van der Waals surface area contributed by atoms with Gasteiger partial charge < -0.3 is 4.90 Å². The Labute approximate surface area is 94.1 Å². The molecule has 0 aliphatic rings. The average molecular weight is 204 g/mol. The van der Waals surface area contributed by atoms with Crippen LogP contribution in [0.3, 0.4) is 0 Å². The van der Waals surface area contributed by atoms with Crippen molar-refractivity contribution in [2.24, 2.45) is 0 Å². The first-order valence-electron chi connectivity index (χ1n) is 5.79. The molecule has 0 aromatic heterocycles. The maximum Gasteiger partial charge on any atom is 0.0361 e. The van der Waals surface area contributed by atoms with Gasteiger partial charge in [0.05, 0.1) is 0 Å². The molecule has 0 unspecified atom stereocenters. The van der Waals surface area contributed by atoms with Gasteiger partial charge >= 0.3 is 0 Å². The van der Waals surface area contributed by atoms with E-state index in [9.17, 15) is 0 Å². The molecule has 0 aliphatic carbocycles. The third-order valence-electron chi connectivity index (χ3n) is 2.67. The molecule has 83 valence electrons. The minimum Gasteiger partial charge on any atom is -0.378 e. The summed E-state index contributed by atoms with van der Waals surface area (Å²) in [5.41, 5.74) is 2.72. The normalized spacial score (nSPS) is 10.3. The van der Waals surface area contributed by atoms with E-state index in [2.05, 4.69) is 50.2 Å². The van der Waals surface area contributed by atoms with E-state index >= 15 is 0 Å². The number of anilines is 1. The van der Waals surface area contributed by atoms with Gasteiger partial charge in [-0.1, -0.05) is 38.3 Å². The first kappa shape index (κ1) is 12.1. The summed E-state index contributed by atoms with van der Waals surface area (Å²) in [5, 5.41) is 0. The molecule has 0 saturated carbocycles. The van der Waals surface area contributed by atoms with Gasteiger partial charge in [-0.05, 0) is 30.5 Å². The van der Waals surface area contributed by atoms with Gasteiger partial charge in [0.15, 0.2) is 0 Å². The van der Waals surface area contributed by atoms with Crippen molar-refractivity contribution >= 4 is 5.69 Å². The Morgan fingerprint density at radius 2 is 1.67 bits per heavy atom. The number of aryl methyl sites for hydroxylation is 1. The lowest BCUT2D eigenvalue weighted by atomic mass is 10.1. The maximum atomic E-state index is 3.86. The minimum atomic E-state index is 1.07. The SMILES string of the molecule is [CH2]CCCCCc1ccc(N(C)C)cc1. The van der Waals surface area contributed by atoms with Crippen LogP contribution in [-0.2, 0) is 6.42 Å². The molecule has 0 bridgehead atoms. The van der Waals surface area contributed by atoms with Crippen LogP contribution in [0, 0.1) is 6.92 Å². The van der Waals surface area contributed by atoms with Crippen LogP contribution in [0.5, 0.6) is 0 Å². The molecule has 0 N–H and O–H groups in total. The molecule has 1 aromatic carbocycles. The molecule has 1 radical (unpaired) electrons. The first-order chi connectivity index (χ1) is 7.24. The van der Waals surface area contributed by atoms with E-state index in [1.165, 1.54) is 36.9 Å². The standard InChI is InChI=1S/C14H22N/c1-4-5-6-7-8-13-9-11-14(12-10-13)15(2)3/h9-12H,1,4-8H2,2-3H3. The van der Waals surface area contributed by atoms with E-state index in [0.717, 1.165) is 6.42 Å². The number of unbranched alkanes of at least 4 members (excludes halogenated alkanes) is 3. The van der Waals surface area contributed by atoms with Crippen LogP contribution in [-0.4, -0.2) is 14.1 Å². The van der Waals surface area contributed by atoms with Crippen LogP contribution in [0.4, 0.5) is 5.69 Å². The molecule has 0 heterocycles. The quantitative estimate of drug-likeness (QED) is 0.639. The second-order valence-electron chi connectivity index (χ2n) is 4.23. The fraction of sp³-hybridized carbons (Fsp3) is 0.500. The lowest BCUT2D eigenvalue weighted by Crippen LogP contribution is -2.08. The maximum absolute atomic E-state index is 3.86. The van der Waals surface area contributed by atoms with Crippen LogP contribution in [0.1, 0.15) is 31.2 Å². The van der Waals surface area contributed by atoms with Crippen LogP contribution < -0.4 is 4.90 Å². The average Bonchev–Trinajstić information content (AvgIpc) is 2.25. The summed E-state index contributed by atoms with van der Waals surface area (Å²) in [6.07, 6.45) is 6.12. The summed E-state index contributed by atoms with van der Waals surface area (Å²) in [4.78, 5) is 2.13. The highest BCUT2D eigenvalue weighted by atomic mass is 15.1. The van der Waals surface area contributed by atoms with Crippen molar-refractivity contribution in [3.05, 3.63) is 36.8 Å². The van der Waals surface area contributed by atoms with Crippen molar-refractivity contribution in [2.45, 2.75) is 32.1 Å². The van der Waals surface area contributed by atoms with Crippen molar-refractivity contribution in [1.82, 2.24) is 0 Å². The Balaban J connectivity index is 2.36. The number of nitrogens with zero attached hydrogens (tertiary/aromatic N) is 1. The molecule has 1 aromatic rings. The Morgan fingerprint density at radius 1 is 1.00 bits per heavy atom. The van der Waals surface area contributed by atoms with Crippen LogP contribution in [0.25, 0.3) is 0 Å². The van der Waals surface area contributed by atoms with E-state index in [4.69, 9.17) is 0 Å². The molecule has 1 rings (SSSR count). The van der Waals surface area contributed by atoms with Crippen molar-refractivity contribution in [1.29, 1.82) is 0 Å². The van der Waals surface area contributed by atoms with Crippen molar-refractivity contribution in [2.75, 3.05) is 19.0 Å². The summed E-state index contributed by atoms with van der Waals surface area (Å²) in [6, 6.07) is 8.85. The smallest absolute Gasteiger partial charge is 0.0361 e. The van der Waals surface area contributed by atoms with Crippen molar-refractivity contribution < 1.29 is 0 Å². The first-order valence-corrected chi connectivity index (χ1v) is 5.79. The second-order valence-corrected chi connectivity index (χ2v) is 4.23. The Bertz CT molecular complexity index is 261. The van der Waals surface area contributed by atoms with Crippen LogP contribution >= 0.6 is 0 Å². The van der Waals surface area contributed by atoms with E-state index in [-0.39, 0.29) is 0 Å². The minimum absolute atomic E-state index is 1.07. The summed E-state index contributed by atoms with van der Waals surface area (Å²) in [7, 11) is 4.15. The van der Waals surface area contributed by atoms with E-state index in [1.54, 1.807) is 0 Å². The Hall–Kier alpha value is -0.980. The van der Waals surface area contributed by atoms with Crippen LogP contribution in [0.15, 0.2) is 24.3 Å². The van der Waals surface area contributed by atoms with Crippen molar-refractivity contribution in [3.8, 4) is 0 Å². The topological polar surface area (TPSA) is 3.24 Å². The number of hydrogen-bond acceptors (Lipinski definition) is 1. The zero-order valence-electron chi connectivity index (χ0n) is 10.00. The highest BCUT2D eigenvalue weighted by Gasteiger charge is 1.96. The van der Waals surface area contributed by atoms with Crippen molar-refractivity contribution in [3.63, 3.8) is 0 Å². The number of hydrogen-bond donors (Lipinski definition) is 0. The summed E-state index contributed by atoms with van der Waals surface area (Å²) in [6.45, 7) is 3.86. The third-order valence-corrected chi connectivity index (χ3v) is 2.67. The zero-order valence-corrected chi connectivity index (χ0v) is 10.00.